The van der Waals surface area contributed by atoms with Crippen LogP contribution in [0.3, 0.4) is 0 Å². The van der Waals surface area contributed by atoms with E-state index in [4.69, 9.17) is 4.42 Å². The number of furan rings is 1. The van der Waals surface area contributed by atoms with Gasteiger partial charge in [0.2, 0.25) is 0 Å². The fourth-order valence-corrected chi connectivity index (χ4v) is 8.07. The highest BCUT2D eigenvalue weighted by atomic mass is 16.3. The zero-order valence-electron chi connectivity index (χ0n) is 28.6. The normalized spacial score (nSPS) is 11.8. The molecule has 0 saturated carbocycles. The van der Waals surface area contributed by atoms with Crippen LogP contribution in [-0.2, 0) is 0 Å². The Morgan fingerprint density at radius 3 is 1.36 bits per heavy atom. The molecule has 8 aromatic rings. The summed E-state index contributed by atoms with van der Waals surface area (Å²) < 4.78 is 6.17. The second-order valence-corrected chi connectivity index (χ2v) is 13.5. The van der Waals surface area contributed by atoms with Gasteiger partial charge in [-0.15, -0.1) is 0 Å². The van der Waals surface area contributed by atoms with Crippen molar-refractivity contribution in [1.82, 2.24) is 0 Å². The average Bonchev–Trinajstić information content (AvgIpc) is 3.48. The molecule has 0 aliphatic carbocycles. The van der Waals surface area contributed by atoms with Gasteiger partial charge in [0.1, 0.15) is 11.2 Å². The van der Waals surface area contributed by atoms with Crippen LogP contribution in [0.4, 0.5) is 0 Å². The van der Waals surface area contributed by atoms with E-state index in [1.54, 1.807) is 0 Å². The van der Waals surface area contributed by atoms with Crippen LogP contribution in [0.15, 0.2) is 101 Å². The van der Waals surface area contributed by atoms with Crippen LogP contribution in [0.25, 0.3) is 76.9 Å². The largest absolute Gasteiger partial charge is 0.456 e. The molecule has 0 atom stereocenters. The summed E-state index contributed by atoms with van der Waals surface area (Å²) in [5.41, 5.74) is 20.5. The van der Waals surface area contributed by atoms with Gasteiger partial charge < -0.3 is 4.42 Å². The Labute approximate surface area is 277 Å². The first kappa shape index (κ1) is 29.3. The number of hydrogen-bond acceptors (Lipinski definition) is 1. The first-order valence-corrected chi connectivity index (χ1v) is 16.7. The van der Waals surface area contributed by atoms with Crippen molar-refractivity contribution in [2.24, 2.45) is 0 Å². The number of benzene rings is 7. The first-order valence-electron chi connectivity index (χ1n) is 16.7. The summed E-state index contributed by atoms with van der Waals surface area (Å²) in [4.78, 5) is 0. The van der Waals surface area contributed by atoms with Crippen LogP contribution in [0.5, 0.6) is 0 Å². The van der Waals surface area contributed by atoms with E-state index in [1.165, 1.54) is 99.4 Å². The molecule has 1 nitrogen and oxygen atoms in total. The van der Waals surface area contributed by atoms with E-state index in [1.807, 2.05) is 12.1 Å². The van der Waals surface area contributed by atoms with Crippen LogP contribution in [0.2, 0.25) is 0 Å². The maximum absolute atomic E-state index is 6.17. The van der Waals surface area contributed by atoms with Crippen LogP contribution >= 0.6 is 0 Å². The fraction of sp³-hybridized carbons (Fsp3) is 0.174. The highest BCUT2D eigenvalue weighted by Crippen LogP contribution is 2.50. The molecule has 0 spiro atoms. The highest BCUT2D eigenvalue weighted by molar-refractivity contribution is 6.25. The van der Waals surface area contributed by atoms with Crippen molar-refractivity contribution >= 4 is 43.5 Å². The second-order valence-electron chi connectivity index (χ2n) is 13.5. The van der Waals surface area contributed by atoms with Crippen molar-refractivity contribution in [3.8, 4) is 33.4 Å². The molecule has 0 saturated heterocycles. The molecular weight excluding hydrogens is 569 g/mol. The molecule has 0 bridgehead atoms. The minimum atomic E-state index is 0.925. The molecule has 8 rings (SSSR count). The van der Waals surface area contributed by atoms with Gasteiger partial charge >= 0.3 is 0 Å². The van der Waals surface area contributed by atoms with Gasteiger partial charge in [0.25, 0.3) is 0 Å². The Kier molecular flexibility index (Phi) is 6.67. The van der Waals surface area contributed by atoms with Gasteiger partial charge in [-0.05, 0) is 179 Å². The molecule has 0 N–H and O–H groups in total. The Balaban J connectivity index is 1.53. The molecule has 0 aliphatic rings. The van der Waals surface area contributed by atoms with E-state index in [0.717, 1.165) is 21.9 Å². The molecule has 0 radical (unpaired) electrons. The lowest BCUT2D eigenvalue weighted by Crippen LogP contribution is -2.03. The van der Waals surface area contributed by atoms with Crippen molar-refractivity contribution in [3.63, 3.8) is 0 Å². The van der Waals surface area contributed by atoms with Gasteiger partial charge in [-0.25, -0.2) is 0 Å². The molecule has 47 heavy (non-hydrogen) atoms. The maximum atomic E-state index is 6.17. The quantitative estimate of drug-likeness (QED) is 0.182. The predicted octanol–water partition coefficient (Wildman–Crippen LogP) is 13.4. The third-order valence-electron chi connectivity index (χ3n) is 11.3. The van der Waals surface area contributed by atoms with E-state index < -0.39 is 0 Å². The molecule has 0 aliphatic heterocycles. The van der Waals surface area contributed by atoms with Crippen molar-refractivity contribution in [2.75, 3.05) is 0 Å². The van der Waals surface area contributed by atoms with Crippen LogP contribution in [0, 0.1) is 55.4 Å². The van der Waals surface area contributed by atoms with E-state index in [2.05, 4.69) is 140 Å². The maximum Gasteiger partial charge on any atom is 0.135 e. The Hall–Kier alpha value is -5.14. The summed E-state index contributed by atoms with van der Waals surface area (Å²) in [6.45, 7) is 18.5. The Bertz CT molecular complexity index is 2500. The van der Waals surface area contributed by atoms with Crippen molar-refractivity contribution in [1.29, 1.82) is 0 Å². The van der Waals surface area contributed by atoms with Crippen LogP contribution in [-0.4, -0.2) is 0 Å². The second kappa shape index (κ2) is 10.7. The summed E-state index contributed by atoms with van der Waals surface area (Å²) in [6, 6.07) is 35.2. The third kappa shape index (κ3) is 4.22. The molecule has 1 heterocycles. The Morgan fingerprint density at radius 1 is 0.319 bits per heavy atom. The standard InChI is InChI=1S/C46H40O/c1-25-27(3)31(7)43-41(29(25)5)45(33-15-10-9-11-16-33)42-30(6)26(2)28(4)32(8)44(42)46(43)36-18-14-17-34(23-36)35-21-22-40-38(24-35)37-19-12-13-20-39(37)47-40/h9-24H,1-8H3. The average molecular weight is 609 g/mol. The molecule has 0 fully saturated rings. The number of para-hydroxylation sites is 1. The summed E-state index contributed by atoms with van der Waals surface area (Å²) >= 11 is 0. The lowest BCUT2D eigenvalue weighted by molar-refractivity contribution is 0.669. The fourth-order valence-electron chi connectivity index (χ4n) is 8.07. The SMILES string of the molecule is Cc1c(C)c(C)c2c(-c3cccc(-c4ccc5oc6ccccc6c5c4)c3)c3c(C)c(C)c(C)c(C)c3c(-c3ccccc3)c2c1C. The molecule has 0 amide bonds. The van der Waals surface area contributed by atoms with Gasteiger partial charge in [-0.2, -0.15) is 0 Å². The minimum Gasteiger partial charge on any atom is -0.456 e. The molecule has 1 heteroatoms. The van der Waals surface area contributed by atoms with Crippen molar-refractivity contribution in [2.45, 2.75) is 55.4 Å². The smallest absolute Gasteiger partial charge is 0.135 e. The van der Waals surface area contributed by atoms with Gasteiger partial charge in [-0.1, -0.05) is 72.8 Å². The molecule has 7 aromatic carbocycles. The summed E-state index contributed by atoms with van der Waals surface area (Å²) in [7, 11) is 0. The third-order valence-corrected chi connectivity index (χ3v) is 11.3. The van der Waals surface area contributed by atoms with E-state index in [-0.39, 0.29) is 0 Å². The number of fused-ring (bicyclic) bond motifs is 5. The van der Waals surface area contributed by atoms with E-state index >= 15 is 0 Å². The topological polar surface area (TPSA) is 13.1 Å². The molecular formula is C46H40O. The van der Waals surface area contributed by atoms with Gasteiger partial charge in [0.05, 0.1) is 0 Å². The lowest BCUT2D eigenvalue weighted by Gasteiger charge is -2.27. The summed E-state index contributed by atoms with van der Waals surface area (Å²) in [6.07, 6.45) is 0. The van der Waals surface area contributed by atoms with Crippen molar-refractivity contribution in [3.05, 3.63) is 142 Å². The highest BCUT2D eigenvalue weighted by Gasteiger charge is 2.25. The minimum absolute atomic E-state index is 0.925. The van der Waals surface area contributed by atoms with Crippen LogP contribution in [0.1, 0.15) is 44.5 Å². The predicted molar refractivity (Wildman–Crippen MR) is 203 cm³/mol. The molecule has 0 unspecified atom stereocenters. The number of rotatable bonds is 3. The van der Waals surface area contributed by atoms with Gasteiger partial charge in [0, 0.05) is 10.8 Å². The summed E-state index contributed by atoms with van der Waals surface area (Å²) in [5, 5.41) is 7.81. The zero-order valence-corrected chi connectivity index (χ0v) is 28.6. The van der Waals surface area contributed by atoms with Crippen LogP contribution < -0.4 is 0 Å². The Morgan fingerprint density at radius 2 is 0.766 bits per heavy atom. The number of hydrogen-bond donors (Lipinski definition) is 0. The zero-order chi connectivity index (χ0) is 32.7. The first-order chi connectivity index (χ1) is 22.7. The van der Waals surface area contributed by atoms with Gasteiger partial charge in [0.15, 0.2) is 0 Å². The monoisotopic (exact) mass is 608 g/mol. The van der Waals surface area contributed by atoms with Gasteiger partial charge in [-0.3, -0.25) is 0 Å². The molecule has 230 valence electrons. The summed E-state index contributed by atoms with van der Waals surface area (Å²) in [5.74, 6) is 0. The van der Waals surface area contributed by atoms with E-state index in [9.17, 15) is 0 Å². The van der Waals surface area contributed by atoms with E-state index in [0.29, 0.717) is 0 Å². The van der Waals surface area contributed by atoms with Crippen molar-refractivity contribution < 1.29 is 4.42 Å². The lowest BCUT2D eigenvalue weighted by atomic mass is 9.76. The molecule has 1 aromatic heterocycles. The number of aryl methyl sites for hydroxylation is 4.